The van der Waals surface area contributed by atoms with E-state index in [9.17, 15) is 13.2 Å². The van der Waals surface area contributed by atoms with Crippen LogP contribution in [0.3, 0.4) is 0 Å². The summed E-state index contributed by atoms with van der Waals surface area (Å²) in [5, 5.41) is 3.65. The lowest BCUT2D eigenvalue weighted by Gasteiger charge is -2.26. The number of hydrogen-bond acceptors (Lipinski definition) is 6. The highest BCUT2D eigenvalue weighted by Crippen LogP contribution is 2.33. The van der Waals surface area contributed by atoms with Gasteiger partial charge in [0.2, 0.25) is 5.91 Å². The third kappa shape index (κ3) is 6.02. The number of pyridine rings is 1. The fourth-order valence-electron chi connectivity index (χ4n) is 2.98. The third-order valence-corrected chi connectivity index (χ3v) is 7.25. The van der Waals surface area contributed by atoms with E-state index in [0.29, 0.717) is 23.7 Å². The van der Waals surface area contributed by atoms with Gasteiger partial charge in [0.15, 0.2) is 0 Å². The molecule has 0 fully saturated rings. The number of rotatable bonds is 10. The summed E-state index contributed by atoms with van der Waals surface area (Å²) in [5.74, 6) is 0.574. The summed E-state index contributed by atoms with van der Waals surface area (Å²) in [7, 11) is -2.53. The highest BCUT2D eigenvalue weighted by molar-refractivity contribution is 7.99. The second-order valence-electron chi connectivity index (χ2n) is 6.87. The zero-order chi connectivity index (χ0) is 23.0. The molecule has 1 amide bonds. The lowest BCUT2D eigenvalue weighted by molar-refractivity contribution is -0.119. The maximum absolute atomic E-state index is 13.4. The number of hydrogen-bond donors (Lipinski definition) is 1. The van der Waals surface area contributed by atoms with E-state index < -0.39 is 15.9 Å². The van der Waals surface area contributed by atoms with Crippen molar-refractivity contribution < 1.29 is 17.9 Å². The average molecular weight is 472 g/mol. The summed E-state index contributed by atoms with van der Waals surface area (Å²) in [6, 6.07) is 18.9. The number of amides is 1. The number of carbonyl (C=O) groups excluding carboxylic acids is 1. The minimum absolute atomic E-state index is 0.0991. The van der Waals surface area contributed by atoms with Gasteiger partial charge in [-0.2, -0.15) is 0 Å². The molecule has 3 aromatic rings. The lowest BCUT2D eigenvalue weighted by Crippen LogP contribution is -2.41. The number of carbonyl (C=O) groups is 1. The first-order valence-corrected chi connectivity index (χ1v) is 12.4. The molecule has 1 heterocycles. The van der Waals surface area contributed by atoms with Crippen LogP contribution in [-0.4, -0.2) is 45.3 Å². The quantitative estimate of drug-likeness (QED) is 0.360. The highest BCUT2D eigenvalue weighted by Gasteiger charge is 2.29. The molecule has 9 heteroatoms. The van der Waals surface area contributed by atoms with Crippen molar-refractivity contribution >= 4 is 33.4 Å². The molecule has 168 valence electrons. The van der Waals surface area contributed by atoms with E-state index in [1.807, 2.05) is 31.2 Å². The number of sulfonamides is 1. The van der Waals surface area contributed by atoms with Crippen LogP contribution in [0.4, 0.5) is 5.69 Å². The molecule has 32 heavy (non-hydrogen) atoms. The van der Waals surface area contributed by atoms with Gasteiger partial charge in [-0.05, 0) is 48.9 Å². The number of anilines is 1. The Morgan fingerprint density at radius 3 is 2.53 bits per heavy atom. The van der Waals surface area contributed by atoms with Crippen molar-refractivity contribution in [3.63, 3.8) is 0 Å². The fraction of sp³-hybridized carbons (Fsp3) is 0.217. The molecule has 0 aliphatic heterocycles. The van der Waals surface area contributed by atoms with Crippen LogP contribution in [-0.2, 0) is 14.8 Å². The van der Waals surface area contributed by atoms with Crippen LogP contribution in [0.15, 0.2) is 82.8 Å². The van der Waals surface area contributed by atoms with E-state index in [1.165, 1.54) is 31.0 Å². The normalized spacial score (nSPS) is 11.1. The van der Waals surface area contributed by atoms with E-state index in [4.69, 9.17) is 4.74 Å². The summed E-state index contributed by atoms with van der Waals surface area (Å²) in [6.45, 7) is 1.86. The largest absolute Gasteiger partial charge is 0.495 e. The Kier molecular flexibility index (Phi) is 8.13. The second-order valence-corrected chi connectivity index (χ2v) is 9.84. The summed E-state index contributed by atoms with van der Waals surface area (Å²) < 4.78 is 33.4. The zero-order valence-electron chi connectivity index (χ0n) is 17.9. The van der Waals surface area contributed by atoms with Crippen molar-refractivity contribution in [3.8, 4) is 5.75 Å². The van der Waals surface area contributed by atoms with Crippen LogP contribution in [0.1, 0.15) is 5.56 Å². The number of benzene rings is 2. The molecule has 0 aliphatic rings. The van der Waals surface area contributed by atoms with E-state index >= 15 is 0 Å². The molecule has 0 aliphatic carbocycles. The first kappa shape index (κ1) is 23.6. The first-order chi connectivity index (χ1) is 15.4. The molecule has 7 nitrogen and oxygen atoms in total. The van der Waals surface area contributed by atoms with Gasteiger partial charge in [0.1, 0.15) is 12.3 Å². The summed E-state index contributed by atoms with van der Waals surface area (Å²) in [5.41, 5.74) is 1.16. The minimum atomic E-state index is -3.99. The van der Waals surface area contributed by atoms with Gasteiger partial charge in [-0.3, -0.25) is 9.10 Å². The molecular weight excluding hydrogens is 446 g/mol. The van der Waals surface area contributed by atoms with Gasteiger partial charge < -0.3 is 10.1 Å². The number of aromatic nitrogens is 1. The van der Waals surface area contributed by atoms with Crippen LogP contribution in [0.2, 0.25) is 0 Å². The van der Waals surface area contributed by atoms with Crippen LogP contribution in [0, 0.1) is 6.92 Å². The third-order valence-electron chi connectivity index (χ3n) is 4.53. The van der Waals surface area contributed by atoms with E-state index in [-0.39, 0.29) is 11.4 Å². The van der Waals surface area contributed by atoms with E-state index in [0.717, 1.165) is 14.9 Å². The van der Waals surface area contributed by atoms with Gasteiger partial charge in [-0.1, -0.05) is 30.3 Å². The maximum atomic E-state index is 13.4. The number of thioether (sulfide) groups is 1. The van der Waals surface area contributed by atoms with Gasteiger partial charge in [0.05, 0.1) is 22.7 Å². The summed E-state index contributed by atoms with van der Waals surface area (Å²) >= 11 is 1.51. The van der Waals surface area contributed by atoms with Crippen molar-refractivity contribution in [1.29, 1.82) is 0 Å². The van der Waals surface area contributed by atoms with Crippen LogP contribution < -0.4 is 14.4 Å². The topological polar surface area (TPSA) is 88.6 Å². The zero-order valence-corrected chi connectivity index (χ0v) is 19.5. The summed E-state index contributed by atoms with van der Waals surface area (Å²) in [6.07, 6.45) is 1.71. The number of nitrogens with zero attached hydrogens (tertiary/aromatic N) is 2. The van der Waals surface area contributed by atoms with Crippen LogP contribution in [0.25, 0.3) is 0 Å². The molecule has 0 atom stereocenters. The van der Waals surface area contributed by atoms with Gasteiger partial charge in [0, 0.05) is 18.5 Å². The standard InChI is InChI=1S/C23H25N3O4S2/c1-18-11-12-21(30-2)20(16-18)26(32(28,29)19-8-4-3-5-9-19)17-22(27)24-14-15-31-23-10-6-7-13-25-23/h3-13,16H,14-15,17H2,1-2H3,(H,24,27). The van der Waals surface area contributed by atoms with Crippen molar-refractivity contribution in [2.24, 2.45) is 0 Å². The minimum Gasteiger partial charge on any atom is -0.495 e. The Labute approximate surface area is 192 Å². The van der Waals surface area contributed by atoms with Gasteiger partial charge >= 0.3 is 0 Å². The molecule has 0 unspecified atom stereocenters. The molecule has 1 N–H and O–H groups in total. The van der Waals surface area contributed by atoms with Crippen LogP contribution >= 0.6 is 11.8 Å². The molecule has 0 radical (unpaired) electrons. The Morgan fingerprint density at radius 1 is 1.09 bits per heavy atom. The fourth-order valence-corrected chi connectivity index (χ4v) is 5.15. The Balaban J connectivity index is 1.79. The Bertz CT molecular complexity index is 1140. The molecule has 3 rings (SSSR count). The van der Waals surface area contributed by atoms with Gasteiger partial charge in [0.25, 0.3) is 10.0 Å². The predicted molar refractivity (Wildman–Crippen MR) is 127 cm³/mol. The molecule has 0 bridgehead atoms. The van der Waals surface area contributed by atoms with Gasteiger partial charge in [-0.25, -0.2) is 13.4 Å². The van der Waals surface area contributed by atoms with Crippen molar-refractivity contribution in [1.82, 2.24) is 10.3 Å². The van der Waals surface area contributed by atoms with Crippen LogP contribution in [0.5, 0.6) is 5.75 Å². The van der Waals surface area contributed by atoms with Gasteiger partial charge in [-0.15, -0.1) is 11.8 Å². The molecular formula is C23H25N3O4S2. The number of nitrogens with one attached hydrogen (secondary N) is 1. The number of methoxy groups -OCH3 is 1. The maximum Gasteiger partial charge on any atom is 0.264 e. The molecule has 0 saturated carbocycles. The van der Waals surface area contributed by atoms with E-state index in [2.05, 4.69) is 10.3 Å². The molecule has 1 aromatic heterocycles. The lowest BCUT2D eigenvalue weighted by atomic mass is 10.2. The Morgan fingerprint density at radius 2 is 1.84 bits per heavy atom. The molecule has 0 spiro atoms. The van der Waals surface area contributed by atoms with Crippen molar-refractivity contribution in [2.75, 3.05) is 30.3 Å². The van der Waals surface area contributed by atoms with Crippen molar-refractivity contribution in [2.45, 2.75) is 16.8 Å². The van der Waals surface area contributed by atoms with Crippen molar-refractivity contribution in [3.05, 3.63) is 78.5 Å². The number of aryl methyl sites for hydroxylation is 1. The Hall–Kier alpha value is -3.04. The SMILES string of the molecule is COc1ccc(C)cc1N(CC(=O)NCCSc1ccccn1)S(=O)(=O)c1ccccc1. The molecule has 0 saturated heterocycles. The first-order valence-electron chi connectivity index (χ1n) is 9.95. The number of ether oxygens (including phenoxy) is 1. The molecule has 2 aromatic carbocycles. The second kappa shape index (κ2) is 11.0. The van der Waals surface area contributed by atoms with E-state index in [1.54, 1.807) is 36.5 Å². The smallest absolute Gasteiger partial charge is 0.264 e. The summed E-state index contributed by atoms with van der Waals surface area (Å²) in [4.78, 5) is 17.0. The monoisotopic (exact) mass is 471 g/mol. The predicted octanol–water partition coefficient (Wildman–Crippen LogP) is 3.50. The highest BCUT2D eigenvalue weighted by atomic mass is 32.2. The average Bonchev–Trinajstić information content (AvgIpc) is 2.81.